The first-order valence-corrected chi connectivity index (χ1v) is 7.89. The molecule has 3 rings (SSSR count). The summed E-state index contributed by atoms with van der Waals surface area (Å²) in [5.74, 6) is -0.106. The Morgan fingerprint density at radius 1 is 0.960 bits per heavy atom. The van der Waals surface area contributed by atoms with Gasteiger partial charge in [-0.3, -0.25) is 4.79 Å². The summed E-state index contributed by atoms with van der Waals surface area (Å²) in [6, 6.07) is 20.2. The average Bonchev–Trinajstić information content (AvgIpc) is 2.60. The fourth-order valence-corrected chi connectivity index (χ4v) is 2.65. The zero-order valence-corrected chi connectivity index (χ0v) is 13.4. The lowest BCUT2D eigenvalue weighted by Crippen LogP contribution is -2.25. The first kappa shape index (κ1) is 16.9. The minimum Gasteiger partial charge on any atom is -0.434 e. The smallest absolute Gasteiger partial charge is 0.387 e. The van der Waals surface area contributed by atoms with Crippen LogP contribution in [-0.2, 0) is 17.8 Å². The molecule has 0 aliphatic carbocycles. The van der Waals surface area contributed by atoms with Gasteiger partial charge >= 0.3 is 6.61 Å². The molecule has 5 heteroatoms. The number of amides is 1. The van der Waals surface area contributed by atoms with Gasteiger partial charge in [-0.05, 0) is 22.4 Å². The maximum Gasteiger partial charge on any atom is 0.387 e. The van der Waals surface area contributed by atoms with Crippen molar-refractivity contribution in [1.82, 2.24) is 5.32 Å². The van der Waals surface area contributed by atoms with Gasteiger partial charge in [-0.25, -0.2) is 0 Å². The van der Waals surface area contributed by atoms with Crippen molar-refractivity contribution in [3.8, 4) is 5.75 Å². The molecule has 3 aromatic carbocycles. The lowest BCUT2D eigenvalue weighted by atomic mass is 10.0. The van der Waals surface area contributed by atoms with Crippen LogP contribution >= 0.6 is 0 Å². The molecule has 0 fully saturated rings. The highest BCUT2D eigenvalue weighted by molar-refractivity contribution is 5.85. The van der Waals surface area contributed by atoms with Gasteiger partial charge in [0.15, 0.2) is 0 Å². The molecular formula is C20H17F2NO2. The number of alkyl halides is 2. The zero-order chi connectivity index (χ0) is 17.6. The largest absolute Gasteiger partial charge is 0.434 e. The number of nitrogens with one attached hydrogen (secondary N) is 1. The Morgan fingerprint density at radius 3 is 2.48 bits per heavy atom. The Morgan fingerprint density at radius 2 is 1.68 bits per heavy atom. The minimum atomic E-state index is -2.89. The molecule has 0 heterocycles. The molecule has 0 radical (unpaired) electrons. The second-order valence-corrected chi connectivity index (χ2v) is 5.62. The molecule has 0 aromatic heterocycles. The van der Waals surface area contributed by atoms with Crippen LogP contribution in [0.1, 0.15) is 11.1 Å². The number of para-hydroxylation sites is 1. The van der Waals surface area contributed by atoms with Crippen molar-refractivity contribution >= 4 is 16.7 Å². The zero-order valence-electron chi connectivity index (χ0n) is 13.4. The number of fused-ring (bicyclic) bond motifs is 1. The van der Waals surface area contributed by atoms with E-state index in [1.165, 1.54) is 6.07 Å². The number of carbonyl (C=O) groups is 1. The molecule has 0 aliphatic heterocycles. The molecule has 1 N–H and O–H groups in total. The van der Waals surface area contributed by atoms with Crippen LogP contribution in [0.4, 0.5) is 8.78 Å². The summed E-state index contributed by atoms with van der Waals surface area (Å²) in [5.41, 5.74) is 1.41. The number of rotatable bonds is 6. The second kappa shape index (κ2) is 7.75. The van der Waals surface area contributed by atoms with E-state index in [0.29, 0.717) is 5.56 Å². The van der Waals surface area contributed by atoms with Crippen LogP contribution < -0.4 is 10.1 Å². The average molecular weight is 341 g/mol. The van der Waals surface area contributed by atoms with E-state index < -0.39 is 6.61 Å². The van der Waals surface area contributed by atoms with Gasteiger partial charge < -0.3 is 10.1 Å². The fraction of sp³-hybridized carbons (Fsp3) is 0.150. The van der Waals surface area contributed by atoms with Gasteiger partial charge in [-0.1, -0.05) is 60.7 Å². The third kappa shape index (κ3) is 4.53. The molecule has 0 spiro atoms. The third-order valence-electron chi connectivity index (χ3n) is 3.84. The van der Waals surface area contributed by atoms with Gasteiger partial charge in [0.05, 0.1) is 6.42 Å². The van der Waals surface area contributed by atoms with E-state index in [1.807, 2.05) is 42.5 Å². The van der Waals surface area contributed by atoms with Gasteiger partial charge in [-0.2, -0.15) is 8.78 Å². The molecule has 128 valence electrons. The Labute approximate surface area is 144 Å². The Hall–Kier alpha value is -2.95. The molecular weight excluding hydrogens is 324 g/mol. The highest BCUT2D eigenvalue weighted by atomic mass is 19.3. The number of hydrogen-bond donors (Lipinski definition) is 1. The van der Waals surface area contributed by atoms with Crippen LogP contribution in [0.15, 0.2) is 66.7 Å². The lowest BCUT2D eigenvalue weighted by molar-refractivity contribution is -0.120. The van der Waals surface area contributed by atoms with Crippen molar-refractivity contribution in [2.75, 3.05) is 0 Å². The molecule has 0 atom stereocenters. The van der Waals surface area contributed by atoms with Crippen LogP contribution in [0.5, 0.6) is 5.75 Å². The predicted octanol–water partition coefficient (Wildman–Crippen LogP) is 4.30. The second-order valence-electron chi connectivity index (χ2n) is 5.62. The van der Waals surface area contributed by atoms with Crippen molar-refractivity contribution in [1.29, 1.82) is 0 Å². The first-order valence-electron chi connectivity index (χ1n) is 7.89. The van der Waals surface area contributed by atoms with Gasteiger partial charge in [0.25, 0.3) is 0 Å². The van der Waals surface area contributed by atoms with E-state index >= 15 is 0 Å². The van der Waals surface area contributed by atoms with E-state index in [4.69, 9.17) is 0 Å². The lowest BCUT2D eigenvalue weighted by Gasteiger charge is -2.11. The molecule has 0 aliphatic rings. The Kier molecular flexibility index (Phi) is 5.23. The SMILES string of the molecule is O=C(Cc1ccc2ccccc2c1)NCc1ccccc1OC(F)F. The summed E-state index contributed by atoms with van der Waals surface area (Å²) in [5, 5.41) is 4.93. The van der Waals surface area contributed by atoms with Gasteiger partial charge in [0.2, 0.25) is 5.91 Å². The van der Waals surface area contributed by atoms with E-state index in [1.54, 1.807) is 18.2 Å². The number of benzene rings is 3. The van der Waals surface area contributed by atoms with Crippen molar-refractivity contribution in [3.05, 3.63) is 77.9 Å². The molecule has 0 unspecified atom stereocenters. The van der Waals surface area contributed by atoms with E-state index in [9.17, 15) is 13.6 Å². The number of carbonyl (C=O) groups excluding carboxylic acids is 1. The standard InChI is InChI=1S/C20H17F2NO2/c21-20(22)25-18-8-4-3-7-17(18)13-23-19(24)12-14-9-10-15-5-1-2-6-16(15)11-14/h1-11,20H,12-13H2,(H,23,24). The highest BCUT2D eigenvalue weighted by Gasteiger charge is 2.10. The van der Waals surface area contributed by atoms with E-state index in [2.05, 4.69) is 10.1 Å². The topological polar surface area (TPSA) is 38.3 Å². The van der Waals surface area contributed by atoms with Crippen LogP contribution in [0, 0.1) is 0 Å². The quantitative estimate of drug-likeness (QED) is 0.726. The maximum atomic E-state index is 12.4. The first-order chi connectivity index (χ1) is 12.1. The fourth-order valence-electron chi connectivity index (χ4n) is 2.65. The summed E-state index contributed by atoms with van der Waals surface area (Å²) in [6.45, 7) is -2.76. The number of ether oxygens (including phenoxy) is 1. The summed E-state index contributed by atoms with van der Waals surface area (Å²) in [7, 11) is 0. The van der Waals surface area contributed by atoms with Crippen LogP contribution in [0.2, 0.25) is 0 Å². The molecule has 3 aromatic rings. The molecule has 0 bridgehead atoms. The van der Waals surface area contributed by atoms with Crippen molar-refractivity contribution in [2.24, 2.45) is 0 Å². The summed E-state index contributed by atoms with van der Waals surface area (Å²) < 4.78 is 29.3. The molecule has 3 nitrogen and oxygen atoms in total. The van der Waals surface area contributed by atoms with Crippen molar-refractivity contribution in [2.45, 2.75) is 19.6 Å². The third-order valence-corrected chi connectivity index (χ3v) is 3.84. The van der Waals surface area contributed by atoms with Crippen LogP contribution in [0.25, 0.3) is 10.8 Å². The monoisotopic (exact) mass is 341 g/mol. The Bertz CT molecular complexity index is 880. The Balaban J connectivity index is 1.63. The molecule has 0 saturated heterocycles. The van der Waals surface area contributed by atoms with E-state index in [-0.39, 0.29) is 24.6 Å². The minimum absolute atomic E-state index is 0.0727. The molecule has 1 amide bonds. The maximum absolute atomic E-state index is 12.4. The summed E-state index contributed by atoms with van der Waals surface area (Å²) in [6.07, 6.45) is 0.225. The predicted molar refractivity (Wildman–Crippen MR) is 92.6 cm³/mol. The van der Waals surface area contributed by atoms with Gasteiger partial charge in [0, 0.05) is 12.1 Å². The summed E-state index contributed by atoms with van der Waals surface area (Å²) >= 11 is 0. The van der Waals surface area contributed by atoms with E-state index in [0.717, 1.165) is 16.3 Å². The number of hydrogen-bond acceptors (Lipinski definition) is 2. The highest BCUT2D eigenvalue weighted by Crippen LogP contribution is 2.20. The van der Waals surface area contributed by atoms with Crippen molar-refractivity contribution < 1.29 is 18.3 Å². The molecule has 25 heavy (non-hydrogen) atoms. The summed E-state index contributed by atoms with van der Waals surface area (Å²) in [4.78, 5) is 12.2. The number of halogens is 2. The normalized spacial score (nSPS) is 10.8. The van der Waals surface area contributed by atoms with Gasteiger partial charge in [0.1, 0.15) is 5.75 Å². The van der Waals surface area contributed by atoms with Gasteiger partial charge in [-0.15, -0.1) is 0 Å². The van der Waals surface area contributed by atoms with Crippen LogP contribution in [0.3, 0.4) is 0 Å². The van der Waals surface area contributed by atoms with Crippen molar-refractivity contribution in [3.63, 3.8) is 0 Å². The molecule has 0 saturated carbocycles. The van der Waals surface area contributed by atoms with Crippen LogP contribution in [-0.4, -0.2) is 12.5 Å².